The van der Waals surface area contributed by atoms with Crippen molar-refractivity contribution >= 4 is 39.6 Å². The minimum Gasteiger partial charge on any atom is -0.409 e. The first-order valence-electron chi connectivity index (χ1n) is 18.1. The summed E-state index contributed by atoms with van der Waals surface area (Å²) in [5.74, 6) is 0.000591. The molecule has 6 rings (SSSR count). The van der Waals surface area contributed by atoms with Crippen LogP contribution >= 0.6 is 10.7 Å². The Morgan fingerprint density at radius 3 is 1.61 bits per heavy atom. The Kier molecular flexibility index (Phi) is 13.8. The second-order valence-corrected chi connectivity index (χ2v) is 22.0. The summed E-state index contributed by atoms with van der Waals surface area (Å²) in [6.07, 6.45) is 0.735. The fraction of sp³-hybridized carbons (Fsp3) is 0.302. The van der Waals surface area contributed by atoms with Crippen molar-refractivity contribution in [3.05, 3.63) is 167 Å². The Morgan fingerprint density at radius 1 is 0.685 bits per heavy atom. The molecule has 0 amide bonds. The third kappa shape index (κ3) is 11.0. The van der Waals surface area contributed by atoms with Crippen molar-refractivity contribution in [2.75, 3.05) is 13.2 Å². The smallest absolute Gasteiger partial charge is 0.296 e. The minimum absolute atomic E-state index is 0.000591. The van der Waals surface area contributed by atoms with Gasteiger partial charge >= 0.3 is 0 Å². The Morgan fingerprint density at radius 2 is 1.15 bits per heavy atom. The van der Waals surface area contributed by atoms with Gasteiger partial charge in [0.15, 0.2) is 9.76 Å². The van der Waals surface area contributed by atoms with Crippen molar-refractivity contribution in [2.24, 2.45) is 5.92 Å². The highest BCUT2D eigenvalue weighted by Crippen LogP contribution is 2.46. The second kappa shape index (κ2) is 17.9. The van der Waals surface area contributed by atoms with Crippen LogP contribution in [0.4, 0.5) is 0 Å². The molecule has 1 aliphatic rings. The van der Waals surface area contributed by atoms with Crippen LogP contribution in [0, 0.1) is 19.8 Å². The fourth-order valence-electron chi connectivity index (χ4n) is 6.71. The first-order chi connectivity index (χ1) is 25.6. The Balaban J connectivity index is 0.000000438. The van der Waals surface area contributed by atoms with Gasteiger partial charge in [-0.15, -0.1) is 0 Å². The highest BCUT2D eigenvalue weighted by molar-refractivity contribution is 8.13. The van der Waals surface area contributed by atoms with E-state index in [2.05, 4.69) is 98.5 Å². The lowest BCUT2D eigenvalue weighted by Gasteiger charge is -2.45. The Hall–Kier alpha value is -3.61. The zero-order valence-electron chi connectivity index (χ0n) is 31.6. The molecule has 11 heteroatoms. The molecule has 0 radical (unpaired) electrons. The van der Waals surface area contributed by atoms with Crippen molar-refractivity contribution < 1.29 is 25.4 Å². The number of nitrogens with zero attached hydrogens (tertiary/aromatic N) is 1. The number of hydrogen-bond donors (Lipinski definition) is 0. The van der Waals surface area contributed by atoms with Gasteiger partial charge in [-0.3, -0.25) is 9.08 Å². The molecule has 0 aromatic heterocycles. The molecule has 5 aromatic carbocycles. The average Bonchev–Trinajstić information content (AvgIpc) is 3.55. The molecule has 0 unspecified atom stereocenters. The maximum atomic E-state index is 13.2. The van der Waals surface area contributed by atoms with Gasteiger partial charge in [-0.25, -0.2) is 8.42 Å². The van der Waals surface area contributed by atoms with Gasteiger partial charge in [-0.05, 0) is 72.2 Å². The van der Waals surface area contributed by atoms with Gasteiger partial charge in [0.2, 0.25) is 0 Å². The number of hydrogen-bond acceptors (Lipinski definition) is 7. The van der Waals surface area contributed by atoms with Gasteiger partial charge in [-0.2, -0.15) is 8.42 Å². The second-order valence-electron chi connectivity index (χ2n) is 15.2. The topological polar surface area (TPSA) is 90.0 Å². The molecule has 1 saturated heterocycles. The summed E-state index contributed by atoms with van der Waals surface area (Å²) in [5, 5.41) is 0.0717. The van der Waals surface area contributed by atoms with E-state index in [1.165, 1.54) is 17.7 Å². The number of aryl methyl sites for hydroxylation is 2. The zero-order chi connectivity index (χ0) is 39.0. The van der Waals surface area contributed by atoms with Crippen LogP contribution in [0.15, 0.2) is 149 Å². The molecular formula is C43H50ClNO6S2Si. The minimum atomic E-state index is -3.87. The van der Waals surface area contributed by atoms with E-state index in [9.17, 15) is 16.8 Å². The van der Waals surface area contributed by atoms with Gasteiger partial charge in [0, 0.05) is 29.8 Å². The van der Waals surface area contributed by atoms with E-state index in [4.69, 9.17) is 19.3 Å². The van der Waals surface area contributed by atoms with Crippen LogP contribution in [0.1, 0.15) is 55.0 Å². The van der Waals surface area contributed by atoms with Gasteiger partial charge in [0.25, 0.3) is 19.2 Å². The molecular weight excluding hydrogens is 754 g/mol. The molecule has 7 nitrogen and oxygen atoms in total. The van der Waals surface area contributed by atoms with Crippen molar-refractivity contribution in [1.82, 2.24) is 4.90 Å². The quantitative estimate of drug-likeness (QED) is 0.0708. The molecule has 0 aliphatic carbocycles. The van der Waals surface area contributed by atoms with Gasteiger partial charge in [0.1, 0.15) is 5.60 Å². The highest BCUT2D eigenvalue weighted by atomic mass is 35.7. The van der Waals surface area contributed by atoms with Crippen LogP contribution in [0.2, 0.25) is 5.04 Å². The lowest BCUT2D eigenvalue weighted by Crippen LogP contribution is -2.51. The fourth-order valence-corrected chi connectivity index (χ4v) is 9.64. The van der Waals surface area contributed by atoms with Crippen molar-refractivity contribution in [2.45, 2.75) is 74.1 Å². The van der Waals surface area contributed by atoms with E-state index >= 15 is 0 Å². The highest BCUT2D eigenvalue weighted by Gasteiger charge is 2.50. The Bertz CT molecular complexity index is 2110. The maximum Gasteiger partial charge on any atom is 0.296 e. The third-order valence-electron chi connectivity index (χ3n) is 9.40. The SMILES string of the molecule is Cc1ccc(S(=O)(=O)Cl)cc1.Cc1ccc(S(=O)(=O)OC[C@@H]2C[C@@H](C(O[SiH2]C(C)(C)C)(c3ccccc3)c3ccccc3)N(Cc3ccccc3)C2)cc1. The van der Waals surface area contributed by atoms with Gasteiger partial charge in [-0.1, -0.05) is 147 Å². The van der Waals surface area contributed by atoms with Crippen LogP contribution in [-0.2, 0) is 39.9 Å². The largest absolute Gasteiger partial charge is 0.409 e. The predicted octanol–water partition coefficient (Wildman–Crippen LogP) is 8.78. The Labute approximate surface area is 328 Å². The normalized spacial score (nSPS) is 17.0. The van der Waals surface area contributed by atoms with Crippen LogP contribution in [0.25, 0.3) is 0 Å². The van der Waals surface area contributed by atoms with Crippen molar-refractivity contribution in [3.8, 4) is 0 Å². The predicted molar refractivity (Wildman–Crippen MR) is 220 cm³/mol. The molecule has 286 valence electrons. The van der Waals surface area contributed by atoms with Gasteiger partial charge in [0.05, 0.1) is 16.4 Å². The molecule has 1 aliphatic heterocycles. The number of halogens is 1. The third-order valence-corrected chi connectivity index (χ3v) is 13.5. The number of rotatable bonds is 12. The van der Waals surface area contributed by atoms with E-state index in [-0.39, 0.29) is 33.4 Å². The van der Waals surface area contributed by atoms with Crippen LogP contribution < -0.4 is 0 Å². The molecule has 1 heterocycles. The summed E-state index contributed by atoms with van der Waals surface area (Å²) in [6.45, 7) is 12.1. The molecule has 2 atom stereocenters. The molecule has 54 heavy (non-hydrogen) atoms. The molecule has 0 bridgehead atoms. The number of likely N-dealkylation sites (tertiary alicyclic amines) is 1. The summed E-state index contributed by atoms with van der Waals surface area (Å²) >= 11 is 0. The standard InChI is InChI=1S/C36H43NO4SSi.C7H7ClO2S/c1-28-20-22-33(23-21-28)42(38,39)40-27-30-24-34(37(26-30)25-29-14-8-5-9-15-29)36(41-43-35(2,3)4,31-16-10-6-11-17-31)32-18-12-7-13-19-32;1-6-2-4-7(5-3-6)11(8,9)10/h5-23,30,34H,24-27,43H2,1-4H3;2-5H,1H3/t30-,34+;/m1./s1. The molecule has 0 spiro atoms. The molecule has 1 fully saturated rings. The van der Waals surface area contributed by atoms with E-state index in [1.54, 1.807) is 36.4 Å². The first kappa shape index (κ1) is 41.5. The summed E-state index contributed by atoms with van der Waals surface area (Å²) in [6, 6.07) is 44.8. The summed E-state index contributed by atoms with van der Waals surface area (Å²) in [7, 11) is -3.35. The van der Waals surface area contributed by atoms with Crippen LogP contribution in [0.5, 0.6) is 0 Å². The first-order valence-corrected chi connectivity index (χ1v) is 23.1. The van der Waals surface area contributed by atoms with E-state index in [1.807, 2.05) is 32.0 Å². The van der Waals surface area contributed by atoms with Crippen LogP contribution in [0.3, 0.4) is 0 Å². The van der Waals surface area contributed by atoms with E-state index < -0.39 is 34.5 Å². The monoisotopic (exact) mass is 803 g/mol. The van der Waals surface area contributed by atoms with Crippen LogP contribution in [-0.4, -0.2) is 50.7 Å². The lowest BCUT2D eigenvalue weighted by atomic mass is 9.78. The molecule has 0 saturated carbocycles. The van der Waals surface area contributed by atoms with E-state index in [0.29, 0.717) is 6.54 Å². The van der Waals surface area contributed by atoms with E-state index in [0.717, 1.165) is 35.2 Å². The maximum absolute atomic E-state index is 13.2. The van der Waals surface area contributed by atoms with Gasteiger partial charge < -0.3 is 4.43 Å². The average molecular weight is 805 g/mol. The number of benzene rings is 5. The zero-order valence-corrected chi connectivity index (χ0v) is 35.4. The molecule has 5 aromatic rings. The lowest BCUT2D eigenvalue weighted by molar-refractivity contribution is 0.0153. The summed E-state index contributed by atoms with van der Waals surface area (Å²) in [4.78, 5) is 2.82. The molecule has 0 N–H and O–H groups in total. The van der Waals surface area contributed by atoms with Crippen molar-refractivity contribution in [3.63, 3.8) is 0 Å². The summed E-state index contributed by atoms with van der Waals surface area (Å²) < 4.78 is 60.8. The summed E-state index contributed by atoms with van der Waals surface area (Å²) in [5.41, 5.74) is 4.75. The van der Waals surface area contributed by atoms with Crippen molar-refractivity contribution in [1.29, 1.82) is 0 Å².